The molecule has 1 aromatic heterocycles. The second-order valence-electron chi connectivity index (χ2n) is 3.99. The number of carbonyl (C=O) groups is 1. The Morgan fingerprint density at radius 3 is 2.72 bits per heavy atom. The van der Waals surface area contributed by atoms with E-state index >= 15 is 0 Å². The van der Waals surface area contributed by atoms with Crippen LogP contribution in [0, 0.1) is 0 Å². The summed E-state index contributed by atoms with van der Waals surface area (Å²) in [5.41, 5.74) is 1.50. The number of hydrogen-bond donors (Lipinski definition) is 0. The zero-order valence-corrected chi connectivity index (χ0v) is 11.8. The van der Waals surface area contributed by atoms with Gasteiger partial charge in [-0.3, -0.25) is 4.79 Å². The maximum atomic E-state index is 12.5. The van der Waals surface area contributed by atoms with Gasteiger partial charge in [-0.05, 0) is 18.2 Å². The van der Waals surface area contributed by atoms with Crippen molar-refractivity contribution in [2.45, 2.75) is 0 Å². The van der Waals surface area contributed by atoms with Crippen molar-refractivity contribution in [1.82, 2.24) is 0 Å². The van der Waals surface area contributed by atoms with Gasteiger partial charge in [-0.25, -0.2) is 0 Å². The second kappa shape index (κ2) is 4.67. The monoisotopic (exact) mass is 316 g/mol. The Morgan fingerprint density at radius 2 is 1.89 bits per heavy atom. The van der Waals surface area contributed by atoms with Crippen LogP contribution in [-0.4, -0.2) is 5.78 Å². The van der Waals surface area contributed by atoms with E-state index in [2.05, 4.69) is 15.9 Å². The van der Waals surface area contributed by atoms with Crippen LogP contribution in [0.15, 0.2) is 58.4 Å². The van der Waals surface area contributed by atoms with Crippen LogP contribution in [0.2, 0.25) is 0 Å². The molecule has 0 aliphatic carbocycles. The zero-order valence-electron chi connectivity index (χ0n) is 9.39. The van der Waals surface area contributed by atoms with Gasteiger partial charge >= 0.3 is 0 Å². The largest absolute Gasteiger partial charge is 0.289 e. The number of rotatable bonds is 2. The first kappa shape index (κ1) is 11.6. The highest BCUT2D eigenvalue weighted by atomic mass is 79.9. The van der Waals surface area contributed by atoms with E-state index < -0.39 is 0 Å². The fourth-order valence-corrected chi connectivity index (χ4v) is 3.28. The lowest BCUT2D eigenvalue weighted by atomic mass is 10.0. The third-order valence-electron chi connectivity index (χ3n) is 2.81. The van der Waals surface area contributed by atoms with Gasteiger partial charge in [0.25, 0.3) is 0 Å². The minimum atomic E-state index is 0.0775. The van der Waals surface area contributed by atoms with Crippen molar-refractivity contribution in [3.05, 3.63) is 69.5 Å². The SMILES string of the molecule is O=C(c1cccc(Br)c1)c1csc2ccccc12. The van der Waals surface area contributed by atoms with Gasteiger partial charge in [0.05, 0.1) is 0 Å². The van der Waals surface area contributed by atoms with Crippen LogP contribution < -0.4 is 0 Å². The van der Waals surface area contributed by atoms with Crippen molar-refractivity contribution in [3.63, 3.8) is 0 Å². The van der Waals surface area contributed by atoms with E-state index in [9.17, 15) is 4.79 Å². The Bertz CT molecular complexity index is 730. The first-order valence-electron chi connectivity index (χ1n) is 5.52. The molecule has 2 aromatic carbocycles. The van der Waals surface area contributed by atoms with Crippen molar-refractivity contribution >= 4 is 43.1 Å². The third-order valence-corrected chi connectivity index (χ3v) is 4.27. The van der Waals surface area contributed by atoms with E-state index in [-0.39, 0.29) is 5.78 Å². The van der Waals surface area contributed by atoms with Gasteiger partial charge < -0.3 is 0 Å². The molecule has 88 valence electrons. The van der Waals surface area contributed by atoms with E-state index in [1.54, 1.807) is 11.3 Å². The van der Waals surface area contributed by atoms with Gasteiger partial charge in [-0.15, -0.1) is 11.3 Å². The summed E-state index contributed by atoms with van der Waals surface area (Å²) < 4.78 is 2.07. The molecule has 0 amide bonds. The van der Waals surface area contributed by atoms with Crippen molar-refractivity contribution in [3.8, 4) is 0 Å². The molecular formula is C15H9BrOS. The molecule has 18 heavy (non-hydrogen) atoms. The number of hydrogen-bond acceptors (Lipinski definition) is 2. The van der Waals surface area contributed by atoms with E-state index in [1.807, 2.05) is 53.9 Å². The number of ketones is 1. The van der Waals surface area contributed by atoms with Crippen molar-refractivity contribution in [1.29, 1.82) is 0 Å². The minimum Gasteiger partial charge on any atom is -0.289 e. The number of fused-ring (bicyclic) bond motifs is 1. The molecule has 0 saturated heterocycles. The van der Waals surface area contributed by atoms with Gasteiger partial charge in [-0.2, -0.15) is 0 Å². The second-order valence-corrected chi connectivity index (χ2v) is 5.81. The van der Waals surface area contributed by atoms with Crippen LogP contribution in [0.4, 0.5) is 0 Å². The lowest BCUT2D eigenvalue weighted by Crippen LogP contribution is -1.99. The summed E-state index contributed by atoms with van der Waals surface area (Å²) in [5.74, 6) is 0.0775. The Kier molecular flexibility index (Phi) is 3.02. The molecule has 0 aliphatic heterocycles. The highest BCUT2D eigenvalue weighted by Crippen LogP contribution is 2.28. The lowest BCUT2D eigenvalue weighted by Gasteiger charge is -2.00. The Morgan fingerprint density at radius 1 is 1.06 bits per heavy atom. The standard InChI is InChI=1S/C15H9BrOS/c16-11-5-3-4-10(8-11)15(17)13-9-18-14-7-2-1-6-12(13)14/h1-9H. The minimum absolute atomic E-state index is 0.0775. The number of thiophene rings is 1. The molecule has 3 heteroatoms. The van der Waals surface area contributed by atoms with E-state index in [4.69, 9.17) is 0 Å². The van der Waals surface area contributed by atoms with E-state index in [0.717, 1.165) is 20.1 Å². The first-order chi connectivity index (χ1) is 8.75. The van der Waals surface area contributed by atoms with Crippen LogP contribution in [0.5, 0.6) is 0 Å². The molecule has 0 N–H and O–H groups in total. The van der Waals surface area contributed by atoms with Crippen LogP contribution in [0.1, 0.15) is 15.9 Å². The summed E-state index contributed by atoms with van der Waals surface area (Å²) in [7, 11) is 0. The molecule has 3 rings (SSSR count). The fourth-order valence-electron chi connectivity index (χ4n) is 1.94. The van der Waals surface area contributed by atoms with Crippen LogP contribution in [0.3, 0.4) is 0 Å². The van der Waals surface area contributed by atoms with Crippen molar-refractivity contribution in [2.75, 3.05) is 0 Å². The summed E-state index contributed by atoms with van der Waals surface area (Å²) in [5, 5.41) is 2.97. The summed E-state index contributed by atoms with van der Waals surface area (Å²) in [6.07, 6.45) is 0. The number of carbonyl (C=O) groups excluding carboxylic acids is 1. The molecule has 0 aliphatic rings. The zero-order chi connectivity index (χ0) is 12.5. The van der Waals surface area contributed by atoms with Gasteiger partial charge in [-0.1, -0.05) is 46.3 Å². The first-order valence-corrected chi connectivity index (χ1v) is 7.19. The summed E-state index contributed by atoms with van der Waals surface area (Å²) in [6, 6.07) is 15.5. The number of halogens is 1. The maximum Gasteiger partial charge on any atom is 0.194 e. The maximum absolute atomic E-state index is 12.5. The van der Waals surface area contributed by atoms with Gasteiger partial charge in [0, 0.05) is 31.1 Å². The Labute approximate surface area is 117 Å². The fraction of sp³-hybridized carbons (Fsp3) is 0. The molecule has 0 bridgehead atoms. The molecule has 0 unspecified atom stereocenters. The Balaban J connectivity index is 2.12. The molecular weight excluding hydrogens is 308 g/mol. The van der Waals surface area contributed by atoms with E-state index in [1.165, 1.54) is 0 Å². The average molecular weight is 317 g/mol. The lowest BCUT2D eigenvalue weighted by molar-refractivity contribution is 0.104. The molecule has 1 nitrogen and oxygen atoms in total. The molecule has 0 atom stereocenters. The van der Waals surface area contributed by atoms with E-state index in [0.29, 0.717) is 5.56 Å². The number of benzene rings is 2. The molecule has 0 radical (unpaired) electrons. The molecule has 0 fully saturated rings. The quantitative estimate of drug-likeness (QED) is 0.615. The summed E-state index contributed by atoms with van der Waals surface area (Å²) in [4.78, 5) is 12.5. The summed E-state index contributed by atoms with van der Waals surface area (Å²) in [6.45, 7) is 0. The predicted octanol–water partition coefficient (Wildman–Crippen LogP) is 4.89. The third kappa shape index (κ3) is 2.00. The molecule has 0 saturated carbocycles. The van der Waals surface area contributed by atoms with Gasteiger partial charge in [0.1, 0.15) is 0 Å². The van der Waals surface area contributed by atoms with Crippen LogP contribution >= 0.6 is 27.3 Å². The van der Waals surface area contributed by atoms with Crippen molar-refractivity contribution < 1.29 is 4.79 Å². The highest BCUT2D eigenvalue weighted by Gasteiger charge is 2.13. The van der Waals surface area contributed by atoms with Gasteiger partial charge in [0.15, 0.2) is 5.78 Å². The summed E-state index contributed by atoms with van der Waals surface area (Å²) >= 11 is 5.00. The normalized spacial score (nSPS) is 10.7. The van der Waals surface area contributed by atoms with Crippen LogP contribution in [-0.2, 0) is 0 Å². The molecule has 0 spiro atoms. The highest BCUT2D eigenvalue weighted by molar-refractivity contribution is 9.10. The van der Waals surface area contributed by atoms with Gasteiger partial charge in [0.2, 0.25) is 0 Å². The smallest absolute Gasteiger partial charge is 0.194 e. The average Bonchev–Trinajstić information content (AvgIpc) is 2.82. The topological polar surface area (TPSA) is 17.1 Å². The molecule has 3 aromatic rings. The molecule has 1 heterocycles. The van der Waals surface area contributed by atoms with Crippen molar-refractivity contribution in [2.24, 2.45) is 0 Å². The predicted molar refractivity (Wildman–Crippen MR) is 79.4 cm³/mol. The van der Waals surface area contributed by atoms with Crippen LogP contribution in [0.25, 0.3) is 10.1 Å². The Hall–Kier alpha value is -1.45.